The standard InChI is InChI=1S/C13H18BrNOS/c1-6-7-15(13(3,4)5)12(16)10-8-9(2)11(14)17-10/h6,8H,1,7H2,2-5H3. The number of rotatable bonds is 3. The SMILES string of the molecule is C=CCN(C(=O)c1cc(C)c(Br)s1)C(C)(C)C. The van der Waals surface area contributed by atoms with Crippen LogP contribution in [0, 0.1) is 6.92 Å². The predicted molar refractivity (Wildman–Crippen MR) is 77.7 cm³/mol. The molecule has 0 fully saturated rings. The lowest BCUT2D eigenvalue weighted by Gasteiger charge is -2.34. The van der Waals surface area contributed by atoms with Crippen molar-refractivity contribution >= 4 is 33.2 Å². The third kappa shape index (κ3) is 3.42. The number of carbonyl (C=O) groups excluding carboxylic acids is 1. The first-order valence-corrected chi connectivity index (χ1v) is 7.07. The minimum Gasteiger partial charge on any atom is -0.329 e. The Morgan fingerprint density at radius 1 is 1.59 bits per heavy atom. The fourth-order valence-corrected chi connectivity index (χ4v) is 2.97. The van der Waals surface area contributed by atoms with Gasteiger partial charge in [-0.1, -0.05) is 6.08 Å². The second-order valence-electron chi connectivity index (χ2n) is 4.94. The van der Waals surface area contributed by atoms with E-state index >= 15 is 0 Å². The Balaban J connectivity index is 3.04. The van der Waals surface area contributed by atoms with Crippen LogP contribution in [0.15, 0.2) is 22.5 Å². The van der Waals surface area contributed by atoms with Gasteiger partial charge in [-0.3, -0.25) is 4.79 Å². The maximum atomic E-state index is 12.4. The number of amides is 1. The van der Waals surface area contributed by atoms with Gasteiger partial charge in [0.2, 0.25) is 0 Å². The maximum absolute atomic E-state index is 12.4. The smallest absolute Gasteiger partial charge is 0.264 e. The molecule has 0 aliphatic carbocycles. The van der Waals surface area contributed by atoms with Gasteiger partial charge in [-0.05, 0) is 55.3 Å². The summed E-state index contributed by atoms with van der Waals surface area (Å²) in [7, 11) is 0. The number of aryl methyl sites for hydroxylation is 1. The van der Waals surface area contributed by atoms with Crippen molar-refractivity contribution in [2.75, 3.05) is 6.54 Å². The van der Waals surface area contributed by atoms with Crippen molar-refractivity contribution in [1.29, 1.82) is 0 Å². The van der Waals surface area contributed by atoms with Crippen molar-refractivity contribution in [3.05, 3.63) is 32.9 Å². The summed E-state index contributed by atoms with van der Waals surface area (Å²) >= 11 is 4.93. The quantitative estimate of drug-likeness (QED) is 0.764. The molecule has 1 aromatic heterocycles. The molecule has 0 aliphatic rings. The first-order valence-electron chi connectivity index (χ1n) is 5.46. The summed E-state index contributed by atoms with van der Waals surface area (Å²) < 4.78 is 1.02. The second-order valence-corrected chi connectivity index (χ2v) is 7.31. The topological polar surface area (TPSA) is 20.3 Å². The lowest BCUT2D eigenvalue weighted by Crippen LogP contribution is -2.45. The summed E-state index contributed by atoms with van der Waals surface area (Å²) in [5, 5.41) is 0. The highest BCUT2D eigenvalue weighted by atomic mass is 79.9. The van der Waals surface area contributed by atoms with Crippen LogP contribution in [0.25, 0.3) is 0 Å². The molecule has 4 heteroatoms. The van der Waals surface area contributed by atoms with E-state index in [4.69, 9.17) is 0 Å². The van der Waals surface area contributed by atoms with Gasteiger partial charge in [-0.15, -0.1) is 17.9 Å². The molecule has 1 aromatic rings. The monoisotopic (exact) mass is 315 g/mol. The van der Waals surface area contributed by atoms with E-state index < -0.39 is 0 Å². The molecule has 0 N–H and O–H groups in total. The van der Waals surface area contributed by atoms with Gasteiger partial charge in [0, 0.05) is 12.1 Å². The average molecular weight is 316 g/mol. The second kappa shape index (κ2) is 5.36. The Kier molecular flexibility index (Phi) is 4.55. The Morgan fingerprint density at radius 2 is 2.18 bits per heavy atom. The van der Waals surface area contributed by atoms with Gasteiger partial charge >= 0.3 is 0 Å². The van der Waals surface area contributed by atoms with E-state index in [1.807, 2.05) is 38.7 Å². The zero-order chi connectivity index (χ0) is 13.2. The Morgan fingerprint density at radius 3 is 2.53 bits per heavy atom. The molecule has 0 spiro atoms. The molecular formula is C13H18BrNOS. The largest absolute Gasteiger partial charge is 0.329 e. The molecular weight excluding hydrogens is 298 g/mol. The Hall–Kier alpha value is -0.610. The summed E-state index contributed by atoms with van der Waals surface area (Å²) in [4.78, 5) is 15.0. The number of carbonyl (C=O) groups is 1. The van der Waals surface area contributed by atoms with Crippen LogP contribution in [0.5, 0.6) is 0 Å². The maximum Gasteiger partial charge on any atom is 0.264 e. The van der Waals surface area contributed by atoms with Crippen LogP contribution < -0.4 is 0 Å². The number of hydrogen-bond donors (Lipinski definition) is 0. The van der Waals surface area contributed by atoms with Crippen molar-refractivity contribution < 1.29 is 4.79 Å². The van der Waals surface area contributed by atoms with Crippen LogP contribution in [0.1, 0.15) is 36.0 Å². The van der Waals surface area contributed by atoms with Crippen molar-refractivity contribution in [1.82, 2.24) is 4.90 Å². The molecule has 1 heterocycles. The minimum atomic E-state index is -0.199. The lowest BCUT2D eigenvalue weighted by atomic mass is 10.1. The van der Waals surface area contributed by atoms with E-state index in [-0.39, 0.29) is 11.4 Å². The fraction of sp³-hybridized carbons (Fsp3) is 0.462. The van der Waals surface area contributed by atoms with Crippen molar-refractivity contribution in [2.24, 2.45) is 0 Å². The fourth-order valence-electron chi connectivity index (χ4n) is 1.49. The van der Waals surface area contributed by atoms with Gasteiger partial charge in [-0.2, -0.15) is 0 Å². The number of halogens is 1. The normalized spacial score (nSPS) is 11.4. The van der Waals surface area contributed by atoms with Crippen LogP contribution >= 0.6 is 27.3 Å². The number of hydrogen-bond acceptors (Lipinski definition) is 2. The number of thiophene rings is 1. The van der Waals surface area contributed by atoms with Gasteiger partial charge in [0.25, 0.3) is 5.91 Å². The molecule has 0 bridgehead atoms. The van der Waals surface area contributed by atoms with Crippen molar-refractivity contribution in [2.45, 2.75) is 33.2 Å². The number of nitrogens with zero attached hydrogens (tertiary/aromatic N) is 1. The molecule has 0 saturated carbocycles. The summed E-state index contributed by atoms with van der Waals surface area (Å²) in [6.45, 7) is 12.4. The summed E-state index contributed by atoms with van der Waals surface area (Å²) in [5.74, 6) is 0.0659. The van der Waals surface area contributed by atoms with Gasteiger partial charge in [0.1, 0.15) is 0 Å². The van der Waals surface area contributed by atoms with Crippen LogP contribution in [-0.2, 0) is 0 Å². The van der Waals surface area contributed by atoms with Gasteiger partial charge in [0.15, 0.2) is 0 Å². The van der Waals surface area contributed by atoms with Crippen LogP contribution in [0.2, 0.25) is 0 Å². The lowest BCUT2D eigenvalue weighted by molar-refractivity contribution is 0.0621. The zero-order valence-electron chi connectivity index (χ0n) is 10.7. The van der Waals surface area contributed by atoms with E-state index in [1.54, 1.807) is 6.08 Å². The summed E-state index contributed by atoms with van der Waals surface area (Å²) in [5.41, 5.74) is 0.904. The summed E-state index contributed by atoms with van der Waals surface area (Å²) in [6, 6.07) is 1.93. The van der Waals surface area contributed by atoms with Crippen LogP contribution in [0.3, 0.4) is 0 Å². The zero-order valence-corrected chi connectivity index (χ0v) is 13.1. The Bertz CT molecular complexity index is 412. The minimum absolute atomic E-state index is 0.0659. The molecule has 2 nitrogen and oxygen atoms in total. The molecule has 17 heavy (non-hydrogen) atoms. The van der Waals surface area contributed by atoms with E-state index in [2.05, 4.69) is 22.5 Å². The third-order valence-corrected chi connectivity index (χ3v) is 4.56. The first kappa shape index (κ1) is 14.5. The van der Waals surface area contributed by atoms with Gasteiger partial charge in [0.05, 0.1) is 8.66 Å². The highest BCUT2D eigenvalue weighted by Crippen LogP contribution is 2.29. The van der Waals surface area contributed by atoms with Gasteiger partial charge in [-0.25, -0.2) is 0 Å². The van der Waals surface area contributed by atoms with Crippen molar-refractivity contribution in [3.8, 4) is 0 Å². The molecule has 1 rings (SSSR count). The first-order chi connectivity index (χ1) is 7.77. The molecule has 0 saturated heterocycles. The van der Waals surface area contributed by atoms with E-state index in [0.717, 1.165) is 14.2 Å². The highest BCUT2D eigenvalue weighted by molar-refractivity contribution is 9.11. The Labute approximate surface area is 115 Å². The third-order valence-electron chi connectivity index (χ3n) is 2.43. The van der Waals surface area contributed by atoms with Crippen molar-refractivity contribution in [3.63, 3.8) is 0 Å². The van der Waals surface area contributed by atoms with Crippen LogP contribution in [0.4, 0.5) is 0 Å². The highest BCUT2D eigenvalue weighted by Gasteiger charge is 2.27. The molecule has 0 unspecified atom stereocenters. The predicted octanol–water partition coefficient (Wildman–Crippen LogP) is 4.25. The molecule has 94 valence electrons. The van der Waals surface area contributed by atoms with Gasteiger partial charge < -0.3 is 4.90 Å². The average Bonchev–Trinajstić information content (AvgIpc) is 2.53. The van der Waals surface area contributed by atoms with E-state index in [0.29, 0.717) is 6.54 Å². The molecule has 1 amide bonds. The van der Waals surface area contributed by atoms with E-state index in [9.17, 15) is 4.79 Å². The molecule has 0 aromatic carbocycles. The summed E-state index contributed by atoms with van der Waals surface area (Å²) in [6.07, 6.45) is 1.76. The molecule has 0 atom stereocenters. The van der Waals surface area contributed by atoms with E-state index in [1.165, 1.54) is 11.3 Å². The van der Waals surface area contributed by atoms with Crippen LogP contribution in [-0.4, -0.2) is 22.9 Å². The molecule has 0 aliphatic heterocycles. The molecule has 0 radical (unpaired) electrons.